The molecule has 2 rings (SSSR count). The first-order chi connectivity index (χ1) is 10.2. The van der Waals surface area contributed by atoms with E-state index in [4.69, 9.17) is 23.2 Å². The van der Waals surface area contributed by atoms with Crippen molar-refractivity contribution in [1.82, 2.24) is 20.1 Å². The third kappa shape index (κ3) is 4.42. The Morgan fingerprint density at radius 1 is 1.33 bits per heavy atom. The van der Waals surface area contributed by atoms with Crippen LogP contribution in [-0.4, -0.2) is 21.3 Å². The van der Waals surface area contributed by atoms with Crippen LogP contribution in [-0.2, 0) is 13.0 Å². The van der Waals surface area contributed by atoms with E-state index >= 15 is 0 Å². The van der Waals surface area contributed by atoms with E-state index in [0.717, 1.165) is 48.1 Å². The summed E-state index contributed by atoms with van der Waals surface area (Å²) in [6, 6.07) is 2.06. The second kappa shape index (κ2) is 8.13. The van der Waals surface area contributed by atoms with Gasteiger partial charge in [-0.1, -0.05) is 37.0 Å². The standard InChI is InChI=1S/C14H20Cl2N4S/c1-3-5-17-11(10-7-12(15)21-14(10)16)8-13-18-9-19-20(13)6-4-2/h7,9,11,17H,3-6,8H2,1-2H3. The summed E-state index contributed by atoms with van der Waals surface area (Å²) in [5.41, 5.74) is 1.05. The van der Waals surface area contributed by atoms with Crippen molar-refractivity contribution < 1.29 is 0 Å². The Labute approximate surface area is 139 Å². The molecular weight excluding hydrogens is 327 g/mol. The van der Waals surface area contributed by atoms with Crippen LogP contribution in [0.3, 0.4) is 0 Å². The third-order valence-electron chi connectivity index (χ3n) is 3.22. The van der Waals surface area contributed by atoms with Gasteiger partial charge in [0.15, 0.2) is 0 Å². The van der Waals surface area contributed by atoms with Gasteiger partial charge in [-0.2, -0.15) is 5.10 Å². The van der Waals surface area contributed by atoms with Crippen LogP contribution in [0.25, 0.3) is 0 Å². The van der Waals surface area contributed by atoms with Gasteiger partial charge in [-0.3, -0.25) is 4.68 Å². The summed E-state index contributed by atoms with van der Waals surface area (Å²) in [5, 5.41) is 7.81. The summed E-state index contributed by atoms with van der Waals surface area (Å²) in [5.74, 6) is 0.976. The highest BCUT2D eigenvalue weighted by atomic mass is 35.5. The van der Waals surface area contributed by atoms with Gasteiger partial charge in [0.25, 0.3) is 0 Å². The zero-order valence-corrected chi connectivity index (χ0v) is 14.6. The van der Waals surface area contributed by atoms with Gasteiger partial charge < -0.3 is 5.32 Å². The first-order valence-corrected chi connectivity index (χ1v) is 8.77. The van der Waals surface area contributed by atoms with Crippen molar-refractivity contribution in [3.8, 4) is 0 Å². The molecule has 4 nitrogen and oxygen atoms in total. The predicted molar refractivity (Wildman–Crippen MR) is 89.4 cm³/mol. The number of thiophene rings is 1. The molecule has 0 bridgehead atoms. The van der Waals surface area contributed by atoms with E-state index in [0.29, 0.717) is 4.34 Å². The van der Waals surface area contributed by atoms with Gasteiger partial charge in [-0.05, 0) is 25.5 Å². The molecule has 0 aliphatic rings. The molecule has 116 valence electrons. The average molecular weight is 347 g/mol. The summed E-state index contributed by atoms with van der Waals surface area (Å²) in [7, 11) is 0. The fourth-order valence-electron chi connectivity index (χ4n) is 2.23. The van der Waals surface area contributed by atoms with Gasteiger partial charge in [0.1, 0.15) is 12.2 Å². The zero-order chi connectivity index (χ0) is 15.2. The first-order valence-electron chi connectivity index (χ1n) is 7.20. The quantitative estimate of drug-likeness (QED) is 0.772. The molecule has 0 aliphatic carbocycles. The average Bonchev–Trinajstić information content (AvgIpc) is 3.02. The van der Waals surface area contributed by atoms with Gasteiger partial charge in [0, 0.05) is 24.6 Å². The molecule has 21 heavy (non-hydrogen) atoms. The molecule has 1 unspecified atom stereocenters. The lowest BCUT2D eigenvalue weighted by Gasteiger charge is -2.18. The predicted octanol–water partition coefficient (Wildman–Crippen LogP) is 4.34. The summed E-state index contributed by atoms with van der Waals surface area (Å²) < 4.78 is 3.42. The Kier molecular flexibility index (Phi) is 6.48. The van der Waals surface area contributed by atoms with Crippen LogP contribution < -0.4 is 5.32 Å². The number of nitrogens with zero attached hydrogens (tertiary/aromatic N) is 3. The largest absolute Gasteiger partial charge is 0.309 e. The molecule has 0 fully saturated rings. The topological polar surface area (TPSA) is 42.7 Å². The van der Waals surface area contributed by atoms with Crippen LogP contribution in [0.5, 0.6) is 0 Å². The fourth-order valence-corrected chi connectivity index (χ4v) is 3.81. The molecule has 2 aromatic heterocycles. The molecule has 7 heteroatoms. The Bertz CT molecular complexity index is 567. The van der Waals surface area contributed by atoms with E-state index in [9.17, 15) is 0 Å². The van der Waals surface area contributed by atoms with Crippen molar-refractivity contribution in [3.63, 3.8) is 0 Å². The third-order valence-corrected chi connectivity index (χ3v) is 4.74. The monoisotopic (exact) mass is 346 g/mol. The minimum absolute atomic E-state index is 0.112. The lowest BCUT2D eigenvalue weighted by atomic mass is 10.1. The number of hydrogen-bond acceptors (Lipinski definition) is 4. The van der Waals surface area contributed by atoms with Crippen LogP contribution in [0, 0.1) is 0 Å². The van der Waals surface area contributed by atoms with E-state index in [1.54, 1.807) is 6.33 Å². The van der Waals surface area contributed by atoms with E-state index in [1.807, 2.05) is 10.7 Å². The highest BCUT2D eigenvalue weighted by Crippen LogP contribution is 2.36. The smallest absolute Gasteiger partial charge is 0.138 e. The van der Waals surface area contributed by atoms with E-state index in [2.05, 4.69) is 29.2 Å². The van der Waals surface area contributed by atoms with Gasteiger partial charge in [0.05, 0.1) is 8.67 Å². The normalized spacial score (nSPS) is 12.8. The maximum Gasteiger partial charge on any atom is 0.138 e. The van der Waals surface area contributed by atoms with Crippen LogP contribution in [0.15, 0.2) is 12.4 Å². The van der Waals surface area contributed by atoms with Crippen LogP contribution in [0.4, 0.5) is 0 Å². The molecule has 0 amide bonds. The summed E-state index contributed by atoms with van der Waals surface area (Å²) >= 11 is 13.8. The van der Waals surface area contributed by atoms with Gasteiger partial charge in [-0.15, -0.1) is 11.3 Å². The lowest BCUT2D eigenvalue weighted by molar-refractivity contribution is 0.489. The van der Waals surface area contributed by atoms with Crippen molar-refractivity contribution in [2.45, 2.75) is 45.7 Å². The van der Waals surface area contributed by atoms with E-state index in [-0.39, 0.29) is 6.04 Å². The molecule has 0 aromatic carbocycles. The number of rotatable bonds is 8. The van der Waals surface area contributed by atoms with E-state index in [1.165, 1.54) is 11.3 Å². The Morgan fingerprint density at radius 2 is 2.14 bits per heavy atom. The SMILES string of the molecule is CCCNC(Cc1ncnn1CCC)c1cc(Cl)sc1Cl. The highest BCUT2D eigenvalue weighted by molar-refractivity contribution is 7.20. The van der Waals surface area contributed by atoms with Crippen LogP contribution in [0.2, 0.25) is 8.67 Å². The Hall–Kier alpha value is -0.620. The van der Waals surface area contributed by atoms with Gasteiger partial charge >= 0.3 is 0 Å². The number of halogens is 2. The van der Waals surface area contributed by atoms with Crippen molar-refractivity contribution in [3.05, 3.63) is 32.5 Å². The zero-order valence-electron chi connectivity index (χ0n) is 12.3. The minimum atomic E-state index is 0.112. The van der Waals surface area contributed by atoms with E-state index < -0.39 is 0 Å². The van der Waals surface area contributed by atoms with Gasteiger partial charge in [0.2, 0.25) is 0 Å². The van der Waals surface area contributed by atoms with Crippen molar-refractivity contribution in [1.29, 1.82) is 0 Å². The highest BCUT2D eigenvalue weighted by Gasteiger charge is 2.20. The first kappa shape index (κ1) is 16.7. The molecule has 0 radical (unpaired) electrons. The van der Waals surface area contributed by atoms with Crippen LogP contribution >= 0.6 is 34.5 Å². The molecule has 0 saturated carbocycles. The van der Waals surface area contributed by atoms with Crippen LogP contribution in [0.1, 0.15) is 44.1 Å². The Morgan fingerprint density at radius 3 is 2.76 bits per heavy atom. The maximum atomic E-state index is 6.31. The lowest BCUT2D eigenvalue weighted by Crippen LogP contribution is -2.25. The summed E-state index contributed by atoms with van der Waals surface area (Å²) in [6.45, 7) is 6.09. The Balaban J connectivity index is 2.20. The number of aromatic nitrogens is 3. The second-order valence-corrected chi connectivity index (χ2v) is 7.18. The summed E-state index contributed by atoms with van der Waals surface area (Å²) in [4.78, 5) is 4.38. The molecule has 0 saturated heterocycles. The molecular formula is C14H20Cl2N4S. The van der Waals surface area contributed by atoms with Crippen molar-refractivity contribution in [2.24, 2.45) is 0 Å². The molecule has 2 heterocycles. The number of aryl methyl sites for hydroxylation is 1. The minimum Gasteiger partial charge on any atom is -0.309 e. The number of hydrogen-bond donors (Lipinski definition) is 1. The molecule has 1 atom stereocenters. The molecule has 0 aliphatic heterocycles. The number of nitrogens with one attached hydrogen (secondary N) is 1. The second-order valence-electron chi connectivity index (χ2n) is 4.89. The van der Waals surface area contributed by atoms with Crippen molar-refractivity contribution >= 4 is 34.5 Å². The van der Waals surface area contributed by atoms with Gasteiger partial charge in [-0.25, -0.2) is 4.98 Å². The fraction of sp³-hybridized carbons (Fsp3) is 0.571. The molecule has 2 aromatic rings. The summed E-state index contributed by atoms with van der Waals surface area (Å²) in [6.07, 6.45) is 4.47. The molecule has 1 N–H and O–H groups in total. The van der Waals surface area contributed by atoms with Crippen molar-refractivity contribution in [2.75, 3.05) is 6.54 Å². The maximum absolute atomic E-state index is 6.31. The molecule has 0 spiro atoms.